The smallest absolute Gasteiger partial charge is 0.288 e. The Morgan fingerprint density at radius 3 is 2.56 bits per heavy atom. The first kappa shape index (κ1) is 25.1. The van der Waals surface area contributed by atoms with Gasteiger partial charge in [0, 0.05) is 37.6 Å². The van der Waals surface area contributed by atoms with Gasteiger partial charge < -0.3 is 10.3 Å². The van der Waals surface area contributed by atoms with Crippen LogP contribution in [0.4, 0.5) is 0 Å². The Labute approximate surface area is 213 Å². The van der Waals surface area contributed by atoms with Crippen molar-refractivity contribution in [3.8, 4) is 22.6 Å². The lowest BCUT2D eigenvalue weighted by molar-refractivity contribution is -0.120. The van der Waals surface area contributed by atoms with Gasteiger partial charge in [0.25, 0.3) is 5.91 Å². The summed E-state index contributed by atoms with van der Waals surface area (Å²) in [6.45, 7) is 0. The molecule has 0 spiro atoms. The largest absolute Gasteiger partial charge is 0.359 e. The Hall–Kier alpha value is -4.05. The number of amides is 2. The number of aromatic amines is 1. The van der Waals surface area contributed by atoms with Gasteiger partial charge in [-0.3, -0.25) is 14.6 Å². The minimum absolute atomic E-state index is 0.0452. The molecule has 2 amide bonds. The number of hydrogen-bond acceptors (Lipinski definition) is 7. The van der Waals surface area contributed by atoms with Crippen LogP contribution in [0.25, 0.3) is 22.6 Å². The molecule has 4 rings (SSSR count). The van der Waals surface area contributed by atoms with Gasteiger partial charge in [-0.05, 0) is 24.5 Å². The molecule has 0 aliphatic heterocycles. The van der Waals surface area contributed by atoms with Gasteiger partial charge in [0.15, 0.2) is 5.82 Å². The van der Waals surface area contributed by atoms with Gasteiger partial charge in [-0.2, -0.15) is 0 Å². The van der Waals surface area contributed by atoms with Crippen LogP contribution in [0.5, 0.6) is 0 Å². The van der Waals surface area contributed by atoms with E-state index in [1.165, 1.54) is 17.5 Å². The second kappa shape index (κ2) is 12.6. The second-order valence-electron chi connectivity index (χ2n) is 8.16. The van der Waals surface area contributed by atoms with E-state index in [1.807, 2.05) is 24.3 Å². The molecular weight excluding hydrogens is 474 g/mol. The number of imidazole rings is 1. The molecule has 0 saturated heterocycles. The van der Waals surface area contributed by atoms with E-state index in [9.17, 15) is 9.59 Å². The van der Waals surface area contributed by atoms with Crippen molar-refractivity contribution >= 4 is 29.4 Å². The first-order valence-corrected chi connectivity index (χ1v) is 12.6. The standard InChI is InChI=1S/C26H27N7O2S/c1-27-23(34)7-4-2-3-6-20(14-32-26(35)22-16-28-17-36-22)25-31-15-21(33-25)18-8-10-19(11-9-18)24-29-12-5-13-30-24/h5,8-17,20H,2-4,6-7H2,1H3,(H,27,34)(H,31,33). The third kappa shape index (κ3) is 6.76. The molecule has 0 aliphatic carbocycles. The number of carbonyl (C=O) groups is 2. The van der Waals surface area contributed by atoms with Crippen LogP contribution in [0.3, 0.4) is 0 Å². The Kier molecular flexibility index (Phi) is 8.77. The topological polar surface area (TPSA) is 126 Å². The van der Waals surface area contributed by atoms with E-state index in [1.54, 1.807) is 43.4 Å². The Morgan fingerprint density at radius 2 is 1.83 bits per heavy atom. The van der Waals surface area contributed by atoms with Gasteiger partial charge >= 0.3 is 0 Å². The third-order valence-electron chi connectivity index (χ3n) is 5.68. The van der Waals surface area contributed by atoms with Gasteiger partial charge in [0.05, 0.1) is 29.5 Å². The molecule has 0 bridgehead atoms. The number of aromatic nitrogens is 5. The van der Waals surface area contributed by atoms with Crippen LogP contribution in [-0.4, -0.2) is 50.0 Å². The van der Waals surface area contributed by atoms with E-state index in [4.69, 9.17) is 0 Å². The second-order valence-corrected chi connectivity index (χ2v) is 9.05. The van der Waals surface area contributed by atoms with Gasteiger partial charge in [0.1, 0.15) is 10.7 Å². The van der Waals surface area contributed by atoms with Crippen molar-refractivity contribution in [2.75, 3.05) is 7.05 Å². The highest BCUT2D eigenvalue weighted by molar-refractivity contribution is 7.11. The SMILES string of the molecule is CNC(=O)CCCCCC(C=NC(=O)c1cncs1)c1ncc(-c2ccc(-c3ncccn3)cc2)[nH]1. The Bertz CT molecular complexity index is 1290. The normalized spacial score (nSPS) is 12.0. The van der Waals surface area contributed by atoms with E-state index in [-0.39, 0.29) is 17.7 Å². The molecule has 1 unspecified atom stereocenters. The van der Waals surface area contributed by atoms with Gasteiger partial charge in [-0.1, -0.05) is 37.1 Å². The molecule has 0 saturated carbocycles. The fourth-order valence-corrected chi connectivity index (χ4v) is 4.21. The van der Waals surface area contributed by atoms with Crippen LogP contribution in [0, 0.1) is 0 Å². The molecule has 36 heavy (non-hydrogen) atoms. The first-order chi connectivity index (χ1) is 17.6. The molecule has 0 radical (unpaired) electrons. The molecule has 0 aliphatic rings. The number of unbranched alkanes of at least 4 members (excludes halogenated alkanes) is 2. The zero-order valence-electron chi connectivity index (χ0n) is 19.9. The summed E-state index contributed by atoms with van der Waals surface area (Å²) in [6.07, 6.45) is 12.3. The van der Waals surface area contributed by atoms with Crippen molar-refractivity contribution in [3.63, 3.8) is 0 Å². The summed E-state index contributed by atoms with van der Waals surface area (Å²) in [5.41, 5.74) is 4.40. The summed E-state index contributed by atoms with van der Waals surface area (Å²) >= 11 is 1.26. The van der Waals surface area contributed by atoms with E-state index in [0.29, 0.717) is 17.1 Å². The van der Waals surface area contributed by atoms with Crippen LogP contribution in [0.2, 0.25) is 0 Å². The summed E-state index contributed by atoms with van der Waals surface area (Å²) in [5.74, 6) is 0.990. The summed E-state index contributed by atoms with van der Waals surface area (Å²) in [6, 6.07) is 9.74. The first-order valence-electron chi connectivity index (χ1n) is 11.7. The summed E-state index contributed by atoms with van der Waals surface area (Å²) in [7, 11) is 1.65. The molecule has 1 atom stereocenters. The third-order valence-corrected chi connectivity index (χ3v) is 6.44. The van der Waals surface area contributed by atoms with Crippen molar-refractivity contribution < 1.29 is 9.59 Å². The number of benzene rings is 1. The number of H-pyrrole nitrogens is 1. The fraction of sp³-hybridized carbons (Fsp3) is 0.269. The van der Waals surface area contributed by atoms with Crippen LogP contribution in [0.15, 0.2) is 65.6 Å². The average Bonchev–Trinajstić information content (AvgIpc) is 3.64. The molecule has 0 fully saturated rings. The Morgan fingerprint density at radius 1 is 1.06 bits per heavy atom. The van der Waals surface area contributed by atoms with Crippen LogP contribution in [-0.2, 0) is 4.79 Å². The average molecular weight is 502 g/mol. The predicted octanol–water partition coefficient (Wildman–Crippen LogP) is 4.68. The van der Waals surface area contributed by atoms with E-state index in [0.717, 1.165) is 48.3 Å². The van der Waals surface area contributed by atoms with Gasteiger partial charge in [0.2, 0.25) is 5.91 Å². The maximum atomic E-state index is 12.4. The fourth-order valence-electron chi connectivity index (χ4n) is 3.69. The van der Waals surface area contributed by atoms with Crippen molar-refractivity contribution in [1.29, 1.82) is 0 Å². The molecule has 9 nitrogen and oxygen atoms in total. The number of thiazole rings is 1. The number of carbonyl (C=O) groups excluding carboxylic acids is 2. The van der Waals surface area contributed by atoms with Crippen LogP contribution in [0.1, 0.15) is 53.5 Å². The molecule has 3 aromatic heterocycles. The van der Waals surface area contributed by atoms with E-state index < -0.39 is 0 Å². The number of nitrogens with one attached hydrogen (secondary N) is 2. The van der Waals surface area contributed by atoms with Gasteiger partial charge in [-0.25, -0.2) is 19.9 Å². The molecule has 3 heterocycles. The predicted molar refractivity (Wildman–Crippen MR) is 140 cm³/mol. The minimum Gasteiger partial charge on any atom is -0.359 e. The summed E-state index contributed by atoms with van der Waals surface area (Å²) in [4.78, 5) is 49.1. The quantitative estimate of drug-likeness (QED) is 0.227. The monoisotopic (exact) mass is 501 g/mol. The zero-order chi connectivity index (χ0) is 25.2. The minimum atomic E-state index is -0.312. The maximum absolute atomic E-state index is 12.4. The van der Waals surface area contributed by atoms with Crippen molar-refractivity contribution in [3.05, 3.63) is 71.3 Å². The maximum Gasteiger partial charge on any atom is 0.288 e. The van der Waals surface area contributed by atoms with E-state index >= 15 is 0 Å². The number of hydrogen-bond donors (Lipinski definition) is 2. The molecule has 10 heteroatoms. The highest BCUT2D eigenvalue weighted by atomic mass is 32.1. The highest BCUT2D eigenvalue weighted by Crippen LogP contribution is 2.25. The van der Waals surface area contributed by atoms with Gasteiger partial charge in [-0.15, -0.1) is 11.3 Å². The van der Waals surface area contributed by atoms with Crippen molar-refractivity contribution in [2.45, 2.75) is 38.0 Å². The molecule has 184 valence electrons. The summed E-state index contributed by atoms with van der Waals surface area (Å²) < 4.78 is 0. The van der Waals surface area contributed by atoms with Crippen molar-refractivity contribution in [2.24, 2.45) is 4.99 Å². The van der Waals surface area contributed by atoms with Crippen LogP contribution >= 0.6 is 11.3 Å². The lowest BCUT2D eigenvalue weighted by Gasteiger charge is -2.09. The summed E-state index contributed by atoms with van der Waals surface area (Å²) in [5, 5.41) is 2.64. The lowest BCUT2D eigenvalue weighted by Crippen LogP contribution is -2.16. The van der Waals surface area contributed by atoms with Crippen LogP contribution < -0.4 is 5.32 Å². The molecule has 4 aromatic rings. The molecular formula is C26H27N7O2S. The highest BCUT2D eigenvalue weighted by Gasteiger charge is 2.16. The number of aliphatic imine (C=N–C) groups is 1. The number of nitrogens with zero attached hydrogens (tertiary/aromatic N) is 5. The Balaban J connectivity index is 1.46. The van der Waals surface area contributed by atoms with Crippen molar-refractivity contribution in [1.82, 2.24) is 30.2 Å². The lowest BCUT2D eigenvalue weighted by atomic mass is 10.0. The molecule has 2 N–H and O–H groups in total. The van der Waals surface area contributed by atoms with E-state index in [2.05, 4.69) is 35.2 Å². The molecule has 1 aromatic carbocycles. The zero-order valence-corrected chi connectivity index (χ0v) is 20.7. The number of rotatable bonds is 11.